The predicted octanol–water partition coefficient (Wildman–Crippen LogP) is 8.44. The van der Waals surface area contributed by atoms with Crippen LogP contribution in [-0.2, 0) is 5.41 Å². The number of alkyl halides is 1. The molecule has 47 heavy (non-hydrogen) atoms. The van der Waals surface area contributed by atoms with Crippen molar-refractivity contribution in [1.82, 2.24) is 24.3 Å². The number of halogens is 1. The van der Waals surface area contributed by atoms with E-state index in [1.807, 2.05) is 91.0 Å². The van der Waals surface area contributed by atoms with Crippen molar-refractivity contribution in [2.24, 2.45) is 0 Å². The molecule has 2 amide bonds. The van der Waals surface area contributed by atoms with Crippen LogP contribution >= 0.6 is 22.6 Å². The van der Waals surface area contributed by atoms with Gasteiger partial charge in [-0.25, -0.2) is 19.3 Å². The van der Waals surface area contributed by atoms with Crippen LogP contribution < -0.4 is 25.8 Å². The van der Waals surface area contributed by atoms with Crippen LogP contribution in [0.1, 0.15) is 47.7 Å². The van der Waals surface area contributed by atoms with E-state index in [4.69, 9.17) is 15.9 Å². The average Bonchev–Trinajstić information content (AvgIpc) is 3.64. The van der Waals surface area contributed by atoms with Gasteiger partial charge >= 0.3 is 11.7 Å². The van der Waals surface area contributed by atoms with Gasteiger partial charge in [0.1, 0.15) is 22.8 Å². The second kappa shape index (κ2) is 13.9. The van der Waals surface area contributed by atoms with Gasteiger partial charge in [0.2, 0.25) is 0 Å². The zero-order valence-corrected chi connectivity index (χ0v) is 29.2. The number of urea groups is 1. The van der Waals surface area contributed by atoms with E-state index in [0.29, 0.717) is 39.1 Å². The number of benzene rings is 3. The Kier molecular flexibility index (Phi) is 9.48. The Bertz CT molecular complexity index is 2110. The van der Waals surface area contributed by atoms with E-state index in [2.05, 4.69) is 41.4 Å². The van der Waals surface area contributed by atoms with Gasteiger partial charge in [0.25, 0.3) is 0 Å². The average molecular weight is 749 g/mol. The third-order valence-corrected chi connectivity index (χ3v) is 7.48. The standard InChI is InChI=1S/C34H35N7O4.CH3I/c1-20(2)40-30-27(17-18-35-31(30)38-33(40)43)45-26-16-15-25(23-9-7-8-10-24(23)26)36-32(42)37-29-19-28(34(3,4)5)39-41(29)21-11-13-22(44-6)14-12-21;1-2/h7-20H,1-6H3,(H,35,38,43)(H2,36,37,42);1H3/i;1D. The highest BCUT2D eigenvalue weighted by atomic mass is 127. The summed E-state index contributed by atoms with van der Waals surface area (Å²) < 4.78 is 21.2. The molecule has 244 valence electrons. The fraction of sp³-hybridized carbons (Fsp3) is 0.257. The molecule has 11 nitrogen and oxygen atoms in total. The van der Waals surface area contributed by atoms with Gasteiger partial charge in [-0.15, -0.1) is 0 Å². The van der Waals surface area contributed by atoms with Gasteiger partial charge in [-0.05, 0) is 55.2 Å². The molecule has 0 radical (unpaired) electrons. The Labute approximate surface area is 287 Å². The van der Waals surface area contributed by atoms with Crippen molar-refractivity contribution in [3.8, 4) is 22.9 Å². The molecule has 0 spiro atoms. The van der Waals surface area contributed by atoms with E-state index >= 15 is 0 Å². The third kappa shape index (κ3) is 6.97. The van der Waals surface area contributed by atoms with Crippen molar-refractivity contribution >= 4 is 62.1 Å². The Morgan fingerprint density at radius 1 is 1.00 bits per heavy atom. The van der Waals surface area contributed by atoms with Crippen molar-refractivity contribution in [2.75, 3.05) is 22.6 Å². The van der Waals surface area contributed by atoms with Crippen LogP contribution in [0.4, 0.5) is 16.3 Å². The first-order chi connectivity index (χ1) is 22.9. The second-order valence-corrected chi connectivity index (χ2v) is 12.0. The molecule has 3 N–H and O–H groups in total. The summed E-state index contributed by atoms with van der Waals surface area (Å²) in [5.41, 5.74) is 2.77. The van der Waals surface area contributed by atoms with Gasteiger partial charge in [-0.2, -0.15) is 5.10 Å². The number of methoxy groups -OCH3 is 1. The molecule has 6 aromatic rings. The Balaban J connectivity index is 0.00000145. The molecule has 3 aromatic carbocycles. The number of nitrogens with one attached hydrogen (secondary N) is 3. The highest BCUT2D eigenvalue weighted by Gasteiger charge is 2.22. The molecule has 0 atom stereocenters. The second-order valence-electron chi connectivity index (χ2n) is 12.0. The first-order valence-electron chi connectivity index (χ1n) is 15.6. The molecule has 0 fully saturated rings. The van der Waals surface area contributed by atoms with Gasteiger partial charge in [-0.3, -0.25) is 14.9 Å². The smallest absolute Gasteiger partial charge is 0.328 e. The minimum Gasteiger partial charge on any atom is -0.497 e. The van der Waals surface area contributed by atoms with Gasteiger partial charge in [0.15, 0.2) is 11.4 Å². The van der Waals surface area contributed by atoms with Crippen LogP contribution in [0.25, 0.3) is 27.6 Å². The van der Waals surface area contributed by atoms with Crippen molar-refractivity contribution < 1.29 is 15.6 Å². The topological polar surface area (TPSA) is 128 Å². The number of hydrogen-bond acceptors (Lipinski definition) is 6. The molecule has 0 aliphatic rings. The molecule has 12 heteroatoms. The fourth-order valence-electron chi connectivity index (χ4n) is 5.21. The molecule has 6 rings (SSSR count). The number of fused-ring (bicyclic) bond motifs is 2. The highest BCUT2D eigenvalue weighted by molar-refractivity contribution is 14.1. The molecule has 0 unspecified atom stereocenters. The van der Waals surface area contributed by atoms with Crippen molar-refractivity contribution in [3.05, 3.63) is 95.2 Å². The minimum absolute atomic E-state index is 0.0971. The Morgan fingerprint density at radius 3 is 2.36 bits per heavy atom. The summed E-state index contributed by atoms with van der Waals surface area (Å²) in [4.78, 5) is 33.6. The maximum absolute atomic E-state index is 13.4. The molecule has 3 aromatic heterocycles. The summed E-state index contributed by atoms with van der Waals surface area (Å²) in [6.45, 7) is 10.1. The summed E-state index contributed by atoms with van der Waals surface area (Å²) in [5, 5.41) is 12.3. The molecular formula is C35H38IN7O4. The number of ether oxygens (including phenoxy) is 2. The van der Waals surface area contributed by atoms with Crippen molar-refractivity contribution in [3.63, 3.8) is 0 Å². The van der Waals surface area contributed by atoms with Crippen LogP contribution in [0.15, 0.2) is 83.8 Å². The van der Waals surface area contributed by atoms with E-state index < -0.39 is 6.03 Å². The Morgan fingerprint density at radius 2 is 1.70 bits per heavy atom. The molecule has 0 saturated carbocycles. The van der Waals surface area contributed by atoms with Crippen LogP contribution in [-0.4, -0.2) is 42.4 Å². The molecule has 0 saturated heterocycles. The highest BCUT2D eigenvalue weighted by Crippen LogP contribution is 2.37. The number of aromatic nitrogens is 5. The summed E-state index contributed by atoms with van der Waals surface area (Å²) in [6.07, 6.45) is 1.60. The number of aromatic amines is 1. The Hall–Kier alpha value is -4.85. The SMILES string of the molecule is COc1ccc(-n2nc(C(C)(C)C)cc2NC(=O)Nc2ccc(Oc3ccnc4[nH]c(=O)n(C(C)C)c34)c3ccccc23)cc1.[2H]CI. The number of anilines is 2. The molecule has 3 heterocycles. The monoisotopic (exact) mass is 748 g/mol. The lowest BCUT2D eigenvalue weighted by molar-refractivity contribution is 0.262. The number of nitrogens with zero attached hydrogens (tertiary/aromatic N) is 4. The van der Waals surface area contributed by atoms with E-state index in [0.717, 1.165) is 27.9 Å². The molecular weight excluding hydrogens is 709 g/mol. The fourth-order valence-corrected chi connectivity index (χ4v) is 5.21. The van der Waals surface area contributed by atoms with Crippen molar-refractivity contribution in [1.29, 1.82) is 0 Å². The number of imidazole rings is 1. The summed E-state index contributed by atoms with van der Waals surface area (Å²) in [6, 6.07) is 21.8. The van der Waals surface area contributed by atoms with Crippen LogP contribution in [0.5, 0.6) is 17.2 Å². The number of hydrogen-bond donors (Lipinski definition) is 3. The predicted molar refractivity (Wildman–Crippen MR) is 196 cm³/mol. The number of rotatable bonds is 7. The number of H-pyrrole nitrogens is 1. The maximum Gasteiger partial charge on any atom is 0.328 e. The van der Waals surface area contributed by atoms with Gasteiger partial charge < -0.3 is 14.8 Å². The number of pyridine rings is 1. The number of amides is 2. The van der Waals surface area contributed by atoms with Gasteiger partial charge in [0.05, 0.1) is 24.2 Å². The molecule has 0 aliphatic carbocycles. The van der Waals surface area contributed by atoms with E-state index in [-0.39, 0.29) is 17.1 Å². The van der Waals surface area contributed by atoms with Crippen molar-refractivity contribution in [2.45, 2.75) is 46.1 Å². The van der Waals surface area contributed by atoms with E-state index in [1.165, 1.54) is 0 Å². The lowest BCUT2D eigenvalue weighted by Gasteiger charge is -2.15. The lowest BCUT2D eigenvalue weighted by Crippen LogP contribution is -2.21. The van der Waals surface area contributed by atoms with E-state index in [1.54, 1.807) is 40.8 Å². The van der Waals surface area contributed by atoms with Crippen LogP contribution in [0, 0.1) is 0 Å². The van der Waals surface area contributed by atoms with Crippen LogP contribution in [0.3, 0.4) is 0 Å². The summed E-state index contributed by atoms with van der Waals surface area (Å²) >= 11 is 1.96. The third-order valence-electron chi connectivity index (χ3n) is 7.48. The maximum atomic E-state index is 13.4. The zero-order valence-electron chi connectivity index (χ0n) is 28.1. The van der Waals surface area contributed by atoms with Gasteiger partial charge in [-0.1, -0.05) is 67.6 Å². The first kappa shape index (κ1) is 32.1. The van der Waals surface area contributed by atoms with E-state index in [9.17, 15) is 9.59 Å². The molecule has 0 bridgehead atoms. The largest absolute Gasteiger partial charge is 0.497 e. The quantitative estimate of drug-likeness (QED) is 0.111. The van der Waals surface area contributed by atoms with Crippen LogP contribution in [0.2, 0.25) is 0 Å². The number of carbonyl (C=O) groups excluding carboxylic acids is 1. The van der Waals surface area contributed by atoms with Gasteiger partial charge in [0, 0.05) is 41.9 Å². The first-order valence-corrected chi connectivity index (χ1v) is 16.4. The zero-order chi connectivity index (χ0) is 34.6. The lowest BCUT2D eigenvalue weighted by atomic mass is 9.92. The normalized spacial score (nSPS) is 11.6. The molecule has 0 aliphatic heterocycles. The summed E-state index contributed by atoms with van der Waals surface area (Å²) in [7, 11) is 1.62. The summed E-state index contributed by atoms with van der Waals surface area (Å²) in [5.74, 6) is 2.32. The minimum atomic E-state index is -0.423. The number of carbonyl (C=O) groups is 1.